The number of amides is 3. The fraction of sp³-hybridized carbons (Fsp3) is 0.250. The summed E-state index contributed by atoms with van der Waals surface area (Å²) in [5.74, 6) is -0.137. The molecule has 0 saturated carbocycles. The second kappa shape index (κ2) is 10.2. The van der Waals surface area contributed by atoms with Crippen LogP contribution < -0.4 is 25.4 Å². The summed E-state index contributed by atoms with van der Waals surface area (Å²) in [5, 5.41) is 12.0. The maximum Gasteiger partial charge on any atom is 0.328 e. The molecule has 0 spiro atoms. The number of fused-ring (bicyclic) bond motifs is 1. The van der Waals surface area contributed by atoms with E-state index in [2.05, 4.69) is 21.1 Å². The standard InChI is InChI=1S/C24H24N4O7/c1-13(2)21(23(30)32-3)27-22(29)20-11-17(28-35-20)14-4-6-15(7-5-14)25-24(31)26-16-8-9-18-19(10-16)34-12-33-18/h4-11,13,21H,12H2,1-3H3,(H,27,29)(H2,25,26,31)/t21-/m0/s1. The van der Waals surface area contributed by atoms with Gasteiger partial charge >= 0.3 is 12.0 Å². The molecule has 3 amide bonds. The molecule has 1 aliphatic rings. The first kappa shape index (κ1) is 23.6. The van der Waals surface area contributed by atoms with Gasteiger partial charge in [0.2, 0.25) is 12.6 Å². The smallest absolute Gasteiger partial charge is 0.328 e. The van der Waals surface area contributed by atoms with Gasteiger partial charge in [-0.05, 0) is 30.2 Å². The van der Waals surface area contributed by atoms with Crippen molar-refractivity contribution in [3.8, 4) is 22.8 Å². The summed E-state index contributed by atoms with van der Waals surface area (Å²) in [4.78, 5) is 36.7. The van der Waals surface area contributed by atoms with Crippen LogP contribution in [0.2, 0.25) is 0 Å². The minimum absolute atomic E-state index is 0.0418. The predicted octanol–water partition coefficient (Wildman–Crippen LogP) is 3.64. The van der Waals surface area contributed by atoms with Crippen molar-refractivity contribution in [2.24, 2.45) is 5.92 Å². The molecule has 2 aromatic carbocycles. The number of carbonyl (C=O) groups excluding carboxylic acids is 3. The van der Waals surface area contributed by atoms with E-state index in [1.165, 1.54) is 13.2 Å². The van der Waals surface area contributed by atoms with Gasteiger partial charge in [0.1, 0.15) is 11.7 Å². The van der Waals surface area contributed by atoms with Crippen LogP contribution in [0.25, 0.3) is 11.3 Å². The Kier molecular flexibility index (Phi) is 6.86. The Hall–Kier alpha value is -4.54. The van der Waals surface area contributed by atoms with E-state index in [-0.39, 0.29) is 18.5 Å². The molecule has 3 N–H and O–H groups in total. The van der Waals surface area contributed by atoms with Crippen LogP contribution in [0.5, 0.6) is 11.5 Å². The lowest BCUT2D eigenvalue weighted by Crippen LogP contribution is -2.44. The molecular formula is C24H24N4O7. The highest BCUT2D eigenvalue weighted by atomic mass is 16.7. The normalized spacial score (nSPS) is 12.7. The Morgan fingerprint density at radius 1 is 0.943 bits per heavy atom. The summed E-state index contributed by atoms with van der Waals surface area (Å²) in [6.45, 7) is 3.73. The number of hydrogen-bond acceptors (Lipinski definition) is 8. The van der Waals surface area contributed by atoms with E-state index in [9.17, 15) is 14.4 Å². The fourth-order valence-corrected chi connectivity index (χ4v) is 3.35. The maximum atomic E-state index is 12.5. The summed E-state index contributed by atoms with van der Waals surface area (Å²) >= 11 is 0. The molecule has 3 aromatic rings. The third kappa shape index (κ3) is 5.52. The van der Waals surface area contributed by atoms with Crippen molar-refractivity contribution in [1.82, 2.24) is 10.5 Å². The summed E-state index contributed by atoms with van der Waals surface area (Å²) in [6, 6.07) is 12.2. The van der Waals surface area contributed by atoms with Crippen LogP contribution in [0.4, 0.5) is 16.2 Å². The lowest BCUT2D eigenvalue weighted by atomic mass is 10.0. The molecule has 1 aromatic heterocycles. The Morgan fingerprint density at radius 3 is 2.34 bits per heavy atom. The Bertz CT molecular complexity index is 1240. The van der Waals surface area contributed by atoms with Crippen molar-refractivity contribution in [2.45, 2.75) is 19.9 Å². The van der Waals surface area contributed by atoms with Gasteiger partial charge in [0.05, 0.1) is 7.11 Å². The number of nitrogens with zero attached hydrogens (tertiary/aromatic N) is 1. The molecule has 35 heavy (non-hydrogen) atoms. The second-order valence-electron chi connectivity index (χ2n) is 8.02. The molecule has 0 aliphatic carbocycles. The van der Waals surface area contributed by atoms with Crippen LogP contribution in [0.3, 0.4) is 0 Å². The van der Waals surface area contributed by atoms with Crippen LogP contribution in [-0.4, -0.2) is 43.0 Å². The molecule has 11 heteroatoms. The largest absolute Gasteiger partial charge is 0.467 e. The number of methoxy groups -OCH3 is 1. The average Bonchev–Trinajstić information content (AvgIpc) is 3.52. The van der Waals surface area contributed by atoms with Crippen molar-refractivity contribution >= 4 is 29.3 Å². The minimum atomic E-state index is -0.810. The summed E-state index contributed by atoms with van der Waals surface area (Å²) < 4.78 is 20.4. The number of carbonyl (C=O) groups is 3. The number of hydrogen-bond donors (Lipinski definition) is 3. The fourth-order valence-electron chi connectivity index (χ4n) is 3.35. The Balaban J connectivity index is 1.36. The van der Waals surface area contributed by atoms with E-state index in [0.717, 1.165) is 0 Å². The zero-order valence-corrected chi connectivity index (χ0v) is 19.3. The first-order chi connectivity index (χ1) is 16.8. The van der Waals surface area contributed by atoms with Gasteiger partial charge in [0, 0.05) is 29.1 Å². The highest BCUT2D eigenvalue weighted by Gasteiger charge is 2.27. The Morgan fingerprint density at radius 2 is 1.63 bits per heavy atom. The minimum Gasteiger partial charge on any atom is -0.467 e. The molecule has 11 nitrogen and oxygen atoms in total. The summed E-state index contributed by atoms with van der Waals surface area (Å²) in [7, 11) is 1.26. The number of esters is 1. The third-order valence-corrected chi connectivity index (χ3v) is 5.21. The lowest BCUT2D eigenvalue weighted by Gasteiger charge is -2.18. The zero-order valence-electron chi connectivity index (χ0n) is 19.3. The quantitative estimate of drug-likeness (QED) is 0.435. The van der Waals surface area contributed by atoms with Crippen LogP contribution in [0.15, 0.2) is 53.1 Å². The number of ether oxygens (including phenoxy) is 3. The van der Waals surface area contributed by atoms with Crippen molar-refractivity contribution in [2.75, 3.05) is 24.5 Å². The van der Waals surface area contributed by atoms with Crippen molar-refractivity contribution < 1.29 is 33.1 Å². The lowest BCUT2D eigenvalue weighted by molar-refractivity contribution is -0.144. The van der Waals surface area contributed by atoms with Gasteiger partial charge in [0.25, 0.3) is 5.91 Å². The first-order valence-electron chi connectivity index (χ1n) is 10.8. The van der Waals surface area contributed by atoms with Gasteiger partial charge in [-0.3, -0.25) is 4.79 Å². The van der Waals surface area contributed by atoms with E-state index in [1.54, 1.807) is 56.3 Å². The number of nitrogens with one attached hydrogen (secondary N) is 3. The van der Waals surface area contributed by atoms with Crippen LogP contribution in [-0.2, 0) is 9.53 Å². The van der Waals surface area contributed by atoms with Crippen LogP contribution >= 0.6 is 0 Å². The van der Waals surface area contributed by atoms with Gasteiger partial charge in [-0.2, -0.15) is 0 Å². The monoisotopic (exact) mass is 480 g/mol. The predicted molar refractivity (Wildman–Crippen MR) is 125 cm³/mol. The molecule has 2 heterocycles. The van der Waals surface area contributed by atoms with Crippen LogP contribution in [0, 0.1) is 5.92 Å². The number of benzene rings is 2. The number of rotatable bonds is 7. The number of urea groups is 1. The first-order valence-corrected chi connectivity index (χ1v) is 10.8. The van der Waals surface area contributed by atoms with E-state index in [4.69, 9.17) is 18.7 Å². The molecule has 0 saturated heterocycles. The molecule has 1 aliphatic heterocycles. The Labute approximate surface area is 200 Å². The topological polar surface area (TPSA) is 141 Å². The van der Waals surface area contributed by atoms with Crippen molar-refractivity contribution in [3.05, 3.63) is 54.3 Å². The van der Waals surface area contributed by atoms with E-state index in [1.807, 2.05) is 0 Å². The van der Waals surface area contributed by atoms with Gasteiger partial charge in [-0.1, -0.05) is 31.1 Å². The summed E-state index contributed by atoms with van der Waals surface area (Å²) in [5.41, 5.74) is 2.20. The molecule has 182 valence electrons. The molecule has 0 radical (unpaired) electrons. The molecule has 0 bridgehead atoms. The zero-order chi connectivity index (χ0) is 24.9. The van der Waals surface area contributed by atoms with Crippen molar-refractivity contribution in [3.63, 3.8) is 0 Å². The van der Waals surface area contributed by atoms with Gasteiger partial charge in [-0.25, -0.2) is 9.59 Å². The molecule has 0 fully saturated rings. The number of aromatic nitrogens is 1. The SMILES string of the molecule is COC(=O)[C@@H](NC(=O)c1cc(-c2ccc(NC(=O)Nc3ccc4c(c3)OCO4)cc2)no1)C(C)C. The second-order valence-corrected chi connectivity index (χ2v) is 8.02. The molecular weight excluding hydrogens is 456 g/mol. The van der Waals surface area contributed by atoms with Crippen LogP contribution in [0.1, 0.15) is 24.4 Å². The van der Waals surface area contributed by atoms with Gasteiger partial charge < -0.3 is 34.7 Å². The highest BCUT2D eigenvalue weighted by molar-refractivity contribution is 6.00. The molecule has 1 atom stereocenters. The van der Waals surface area contributed by atoms with E-state index >= 15 is 0 Å². The average molecular weight is 480 g/mol. The molecule has 4 rings (SSSR count). The van der Waals surface area contributed by atoms with Gasteiger partial charge in [-0.15, -0.1) is 0 Å². The van der Waals surface area contributed by atoms with E-state index < -0.39 is 23.9 Å². The maximum absolute atomic E-state index is 12.5. The van der Waals surface area contributed by atoms with Gasteiger partial charge in [0.15, 0.2) is 11.5 Å². The molecule has 0 unspecified atom stereocenters. The number of anilines is 2. The third-order valence-electron chi connectivity index (χ3n) is 5.21. The highest BCUT2D eigenvalue weighted by Crippen LogP contribution is 2.34. The van der Waals surface area contributed by atoms with Crippen molar-refractivity contribution in [1.29, 1.82) is 0 Å². The summed E-state index contributed by atoms with van der Waals surface area (Å²) in [6.07, 6.45) is 0. The van der Waals surface area contributed by atoms with E-state index in [0.29, 0.717) is 34.1 Å².